The molecule has 28 nitrogen and oxygen atoms in total. The number of hydrogen-bond acceptors (Lipinski definition) is 18. The number of anilines is 2. The largest absolute Gasteiger partial charge is 0.490 e. The number of ether oxygens (including phenoxy) is 3. The number of carbonyl (C=O) groups is 3. The van der Waals surface area contributed by atoms with Gasteiger partial charge in [0, 0.05) is 90.8 Å². The molecule has 85 heavy (non-hydrogen) atoms. The maximum absolute atomic E-state index is 14.7. The Bertz CT molecular complexity index is 3810. The Hall–Kier alpha value is -6.38. The van der Waals surface area contributed by atoms with Crippen molar-refractivity contribution >= 4 is 69.7 Å². The summed E-state index contributed by atoms with van der Waals surface area (Å²) in [5.74, 6) is 0.955. The molecule has 0 spiro atoms. The quantitative estimate of drug-likeness (QED) is 0.0292. The van der Waals surface area contributed by atoms with Gasteiger partial charge < -0.3 is 65.1 Å². The Morgan fingerprint density at radius 3 is 2.34 bits per heavy atom. The topological polar surface area (TPSA) is 382 Å². The summed E-state index contributed by atoms with van der Waals surface area (Å²) in [6.45, 7) is 18.4. The van der Waals surface area contributed by atoms with E-state index in [1.165, 1.54) is 11.1 Å². The first-order chi connectivity index (χ1) is 39.8. The lowest BCUT2D eigenvalue weighted by atomic mass is 9.77. The molecule has 4 aliphatic heterocycles. The lowest BCUT2D eigenvalue weighted by Gasteiger charge is -2.47. The molecule has 2 aromatic heterocycles. The molecule has 4 aliphatic rings. The molecule has 1 fully saturated rings. The van der Waals surface area contributed by atoms with Crippen molar-refractivity contribution < 1.29 is 80.1 Å². The van der Waals surface area contributed by atoms with E-state index < -0.39 is 66.3 Å². The summed E-state index contributed by atoms with van der Waals surface area (Å²) in [5.41, 5.74) is 11.0. The van der Waals surface area contributed by atoms with Gasteiger partial charge in [-0.1, -0.05) is 32.0 Å². The van der Waals surface area contributed by atoms with Gasteiger partial charge in [0.2, 0.25) is 17.2 Å². The van der Waals surface area contributed by atoms with Gasteiger partial charge in [-0.3, -0.25) is 28.5 Å². The molecule has 3 aromatic carbocycles. The Morgan fingerprint density at radius 2 is 1.64 bits per heavy atom. The highest BCUT2D eigenvalue weighted by molar-refractivity contribution is 7.66. The fourth-order valence-electron chi connectivity index (χ4n) is 12.4. The van der Waals surface area contributed by atoms with E-state index in [0.717, 1.165) is 81.3 Å². The molecule has 8 atom stereocenters. The van der Waals surface area contributed by atoms with Crippen LogP contribution in [0, 0.1) is 0 Å². The summed E-state index contributed by atoms with van der Waals surface area (Å²) in [7, 11) is -15.6. The van der Waals surface area contributed by atoms with Crippen molar-refractivity contribution in [1.29, 1.82) is 0 Å². The second kappa shape index (κ2) is 24.1. The zero-order valence-electron chi connectivity index (χ0n) is 48.4. The lowest BCUT2D eigenvalue weighted by Crippen LogP contribution is -2.52. The number of imidazole rings is 1. The highest BCUT2D eigenvalue weighted by atomic mass is 31.3. The number of aromatic amines is 1. The van der Waals surface area contributed by atoms with Crippen LogP contribution < -0.4 is 46.7 Å². The molecule has 10 N–H and O–H groups in total. The number of nitrogens with zero attached hydrogens (tertiary/aromatic N) is 6. The van der Waals surface area contributed by atoms with Crippen molar-refractivity contribution in [1.82, 2.24) is 39.6 Å². The van der Waals surface area contributed by atoms with Gasteiger partial charge in [-0.2, -0.15) is 13.6 Å². The maximum Gasteiger partial charge on any atom is 0.490 e. The van der Waals surface area contributed by atoms with Crippen LogP contribution in [-0.4, -0.2) is 143 Å². The molecule has 1 saturated heterocycles. The molecule has 0 aliphatic carbocycles. The summed E-state index contributed by atoms with van der Waals surface area (Å²) < 4.78 is 69.4. The van der Waals surface area contributed by atoms with E-state index in [1.54, 1.807) is 11.9 Å². The fraction of sp³-hybridized carbons (Fsp3) is 0.500. The van der Waals surface area contributed by atoms with E-state index in [0.29, 0.717) is 5.56 Å². The van der Waals surface area contributed by atoms with Gasteiger partial charge in [-0.25, -0.2) is 28.0 Å². The molecule has 0 saturated carbocycles. The fourth-order valence-corrected chi connectivity index (χ4v) is 15.5. The Morgan fingerprint density at radius 1 is 0.929 bits per heavy atom. The molecule has 460 valence electrons. The number of aliphatic hydroxyl groups is 1. The second-order valence-corrected chi connectivity index (χ2v) is 27.3. The predicted octanol–water partition coefficient (Wildman–Crippen LogP) is 4.33. The lowest BCUT2D eigenvalue weighted by molar-refractivity contribution is -0.121. The Labute approximate surface area is 488 Å². The standard InChI is InChI=1S/C54H71N10O18P3/c1-10-63-37-23-39-35(21-33(37)29(3)25-53(63,5)6)43(36-22-34-30(4)26-54(7,8)64(11-2)38(34)24-40(36)78-39)31-15-12-13-16-32(31)49(68)61(9)20-14-17-42(65)56-18-19-57-52(69)80-46-45(66)41(27-77-84(73,74)82-85(75,76)81-83(70,71)72)79-50(46)62-28-58-44-47(62)59-51(55)60-48(44)67/h12-13,15-16,21-24,28-30,41,45-46,50,66H,10-11,14,17-20,25-27H2,1-9H3,(H8-,55,56,57,59,60,65,67,69,70,71,72,73,74,75,76)/p+1/t29?,30?,41-,45-,46-,50-/m1/s1. The molecule has 0 bridgehead atoms. The van der Waals surface area contributed by atoms with Gasteiger partial charge in [-0.15, -0.1) is 0 Å². The monoisotopic (exact) mass is 1240 g/mol. The van der Waals surface area contributed by atoms with E-state index in [2.05, 4.69) is 128 Å². The van der Waals surface area contributed by atoms with Crippen LogP contribution in [0.25, 0.3) is 16.7 Å². The minimum atomic E-state index is -5.91. The van der Waals surface area contributed by atoms with Crippen LogP contribution in [0.5, 0.6) is 11.5 Å². The number of aliphatic hydroxyl groups excluding tert-OH is 1. The zero-order valence-corrected chi connectivity index (χ0v) is 51.1. The Kier molecular flexibility index (Phi) is 17.9. The smallest absolute Gasteiger partial charge is 0.456 e. The molecule has 0 radical (unpaired) electrons. The van der Waals surface area contributed by atoms with Crippen LogP contribution in [-0.2, 0) is 41.1 Å². The molecule has 4 unspecified atom stereocenters. The minimum absolute atomic E-state index is 0.0122. The first kappa shape index (κ1) is 63.1. The molecule has 5 aromatic rings. The molecular weight excluding hydrogens is 1170 g/mol. The number of H-pyrrole nitrogens is 1. The van der Waals surface area contributed by atoms with Crippen molar-refractivity contribution in [2.24, 2.45) is 0 Å². The molecular formula is C54H72N10O18P3+. The normalized spacial score (nSPS) is 22.7. The van der Waals surface area contributed by atoms with Gasteiger partial charge in [0.15, 0.2) is 29.0 Å². The number of rotatable bonds is 20. The van der Waals surface area contributed by atoms with Crippen LogP contribution in [0.15, 0.2) is 59.7 Å². The minimum Gasteiger partial charge on any atom is -0.456 e. The second-order valence-electron chi connectivity index (χ2n) is 22.9. The van der Waals surface area contributed by atoms with Gasteiger partial charge in [-0.05, 0) is 95.5 Å². The number of amides is 3. The average Bonchev–Trinajstić information content (AvgIpc) is 1.37. The summed E-state index contributed by atoms with van der Waals surface area (Å²) >= 11 is 0. The van der Waals surface area contributed by atoms with Crippen LogP contribution in [0.3, 0.4) is 0 Å². The number of fused-ring (bicyclic) bond motifs is 5. The van der Waals surface area contributed by atoms with Gasteiger partial charge in [0.25, 0.3) is 11.5 Å². The number of phosphoric acid groups is 3. The third kappa shape index (κ3) is 13.3. The molecule has 3 amide bonds. The first-order valence-corrected chi connectivity index (χ1v) is 32.2. The number of nitrogens with two attached hydrogens (primary N) is 1. The van der Waals surface area contributed by atoms with Crippen LogP contribution >= 0.6 is 23.5 Å². The first-order valence-electron chi connectivity index (χ1n) is 27.7. The number of alkyl carbamates (subject to hydrolysis) is 1. The molecule has 31 heteroatoms. The summed E-state index contributed by atoms with van der Waals surface area (Å²) in [6.07, 6.45) is -4.91. The number of aromatic nitrogens is 4. The van der Waals surface area contributed by atoms with Crippen molar-refractivity contribution in [2.75, 3.05) is 57.0 Å². The number of carbonyl (C=O) groups excluding carboxylic acids is 3. The van der Waals surface area contributed by atoms with Crippen LogP contribution in [0.1, 0.15) is 132 Å². The summed E-state index contributed by atoms with van der Waals surface area (Å²) in [4.78, 5) is 105. The van der Waals surface area contributed by atoms with E-state index in [9.17, 15) is 47.8 Å². The van der Waals surface area contributed by atoms with E-state index >= 15 is 0 Å². The number of phosphoric ester groups is 1. The highest BCUT2D eigenvalue weighted by Crippen LogP contribution is 2.66. The predicted molar refractivity (Wildman–Crippen MR) is 309 cm³/mol. The summed E-state index contributed by atoms with van der Waals surface area (Å²) in [6, 6.07) is 16.5. The van der Waals surface area contributed by atoms with Crippen LogP contribution in [0.4, 0.5) is 16.4 Å². The van der Waals surface area contributed by atoms with Crippen molar-refractivity contribution in [3.63, 3.8) is 0 Å². The van der Waals surface area contributed by atoms with Crippen molar-refractivity contribution in [3.05, 3.63) is 104 Å². The number of nitrogen functional groups attached to an aromatic ring is 1. The summed E-state index contributed by atoms with van der Waals surface area (Å²) in [5, 5.41) is 18.5. The third-order valence-corrected chi connectivity index (χ3v) is 19.7. The number of benzene rings is 3. The van der Waals surface area contributed by atoms with E-state index in [-0.39, 0.29) is 84.3 Å². The van der Waals surface area contributed by atoms with Crippen molar-refractivity contribution in [2.45, 2.75) is 129 Å². The number of hydrogen-bond donors (Lipinski definition) is 9. The highest BCUT2D eigenvalue weighted by Gasteiger charge is 2.50. The third-order valence-electron chi connectivity index (χ3n) is 15.9. The van der Waals surface area contributed by atoms with Gasteiger partial charge >= 0.3 is 29.6 Å². The zero-order chi connectivity index (χ0) is 61.9. The van der Waals surface area contributed by atoms with E-state index in [1.807, 2.05) is 24.3 Å². The van der Waals surface area contributed by atoms with Crippen LogP contribution in [0.2, 0.25) is 0 Å². The maximum atomic E-state index is 14.7. The van der Waals surface area contributed by atoms with Crippen molar-refractivity contribution in [3.8, 4) is 11.5 Å². The SMILES string of the molecule is CCN1c2cc3c(cc2C(C)CC1(C)C)C(c1ccccc1C(=O)N(C)CCCC(=O)NCCNC(=O)O[C@@H]1[C@H](O)[C@@H](COP(=O)(O)OP(=O)(O)OP(=O)(O)O)O[C@H]1n1cnc2c(=O)[nH]c(N)nc21)=c1cc2c(cc1O3)=[N+](CC)C(C)(C)CC2C. The Balaban J connectivity index is 0.862. The average molecular weight is 1240 g/mol. The number of nitrogens with one attached hydrogen (secondary N) is 3. The van der Waals surface area contributed by atoms with Gasteiger partial charge in [0.1, 0.15) is 30.3 Å². The van der Waals surface area contributed by atoms with Gasteiger partial charge in [0.05, 0.1) is 19.0 Å². The molecule has 9 rings (SSSR count). The van der Waals surface area contributed by atoms with E-state index in [4.69, 9.17) is 29.7 Å². The molecule has 6 heterocycles.